The van der Waals surface area contributed by atoms with Gasteiger partial charge in [-0.3, -0.25) is 9.69 Å². The summed E-state index contributed by atoms with van der Waals surface area (Å²) in [5.41, 5.74) is 2.61. The van der Waals surface area contributed by atoms with Crippen LogP contribution < -0.4 is 4.90 Å². The van der Waals surface area contributed by atoms with Gasteiger partial charge in [0.2, 0.25) is 0 Å². The van der Waals surface area contributed by atoms with Crippen LogP contribution in [0.3, 0.4) is 0 Å². The minimum Gasteiger partial charge on any atom is -0.451 e. The van der Waals surface area contributed by atoms with Gasteiger partial charge in [-0.15, -0.1) is 29.3 Å². The van der Waals surface area contributed by atoms with Gasteiger partial charge in [-0.2, -0.15) is 0 Å². The Hall–Kier alpha value is -2.77. The molecule has 0 radical (unpaired) electrons. The zero-order valence-electron chi connectivity index (χ0n) is 14.8. The highest BCUT2D eigenvalue weighted by atomic mass is 32.1. The molecule has 7 heteroatoms. The van der Waals surface area contributed by atoms with Crippen LogP contribution in [0.25, 0.3) is 11.3 Å². The van der Waals surface area contributed by atoms with E-state index < -0.39 is 5.97 Å². The van der Waals surface area contributed by atoms with Crippen molar-refractivity contribution in [2.45, 2.75) is 6.92 Å². The van der Waals surface area contributed by atoms with Gasteiger partial charge in [-0.05, 0) is 23.9 Å². The molecular formula is C20H18N2O3S2. The van der Waals surface area contributed by atoms with E-state index in [1.54, 1.807) is 6.08 Å². The Bertz CT molecular complexity index is 947. The molecule has 0 saturated heterocycles. The van der Waals surface area contributed by atoms with Crippen molar-refractivity contribution in [1.29, 1.82) is 0 Å². The number of amides is 1. The number of benzene rings is 1. The Morgan fingerprint density at radius 2 is 2.00 bits per heavy atom. The monoisotopic (exact) mass is 398 g/mol. The van der Waals surface area contributed by atoms with Crippen molar-refractivity contribution in [2.24, 2.45) is 0 Å². The third-order valence-corrected chi connectivity index (χ3v) is 5.64. The Morgan fingerprint density at radius 3 is 2.67 bits per heavy atom. The van der Waals surface area contributed by atoms with Gasteiger partial charge in [-0.25, -0.2) is 9.78 Å². The van der Waals surface area contributed by atoms with Gasteiger partial charge in [0, 0.05) is 17.5 Å². The molecule has 3 aromatic rings. The minimum absolute atomic E-state index is 0.288. The largest absolute Gasteiger partial charge is 0.451 e. The second-order valence-electron chi connectivity index (χ2n) is 5.68. The summed E-state index contributed by atoms with van der Waals surface area (Å²) in [5.74, 6) is -0.829. The molecule has 0 atom stereocenters. The average molecular weight is 399 g/mol. The first-order valence-corrected chi connectivity index (χ1v) is 9.99. The lowest BCUT2D eigenvalue weighted by Crippen LogP contribution is -2.34. The Kier molecular flexibility index (Phi) is 6.16. The van der Waals surface area contributed by atoms with E-state index in [4.69, 9.17) is 4.74 Å². The van der Waals surface area contributed by atoms with Gasteiger partial charge in [-0.1, -0.05) is 36.4 Å². The van der Waals surface area contributed by atoms with E-state index in [0.29, 0.717) is 10.0 Å². The second kappa shape index (κ2) is 8.75. The van der Waals surface area contributed by atoms with E-state index in [-0.39, 0.29) is 19.1 Å². The van der Waals surface area contributed by atoms with E-state index in [0.717, 1.165) is 16.8 Å². The SMILES string of the molecule is C=CCN(C(=O)COC(=O)c1sccc1C)c1nc(-c2ccccc2)cs1. The number of ether oxygens (including phenoxy) is 1. The smallest absolute Gasteiger partial charge is 0.349 e. The number of carbonyl (C=O) groups excluding carboxylic acids is 2. The molecule has 27 heavy (non-hydrogen) atoms. The number of thiophene rings is 1. The zero-order valence-corrected chi connectivity index (χ0v) is 16.4. The van der Waals surface area contributed by atoms with Crippen LogP contribution in [0.1, 0.15) is 15.2 Å². The fraction of sp³-hybridized carbons (Fsp3) is 0.150. The molecule has 1 aromatic carbocycles. The average Bonchev–Trinajstić information content (AvgIpc) is 3.34. The molecule has 1 amide bonds. The number of aromatic nitrogens is 1. The van der Waals surface area contributed by atoms with E-state index >= 15 is 0 Å². The van der Waals surface area contributed by atoms with Gasteiger partial charge < -0.3 is 4.74 Å². The van der Waals surface area contributed by atoms with E-state index in [9.17, 15) is 9.59 Å². The highest BCUT2D eigenvalue weighted by molar-refractivity contribution is 7.14. The number of thiazole rings is 1. The van der Waals surface area contributed by atoms with Crippen LogP contribution >= 0.6 is 22.7 Å². The van der Waals surface area contributed by atoms with E-state index in [2.05, 4.69) is 11.6 Å². The van der Waals surface area contributed by atoms with Crippen LogP contribution in [0.2, 0.25) is 0 Å². The third-order valence-electron chi connectivity index (χ3n) is 3.78. The fourth-order valence-electron chi connectivity index (χ4n) is 2.40. The van der Waals surface area contributed by atoms with Crippen molar-refractivity contribution in [3.63, 3.8) is 0 Å². The topological polar surface area (TPSA) is 59.5 Å². The number of hydrogen-bond acceptors (Lipinski definition) is 6. The molecule has 0 N–H and O–H groups in total. The van der Waals surface area contributed by atoms with E-state index in [1.807, 2.05) is 54.1 Å². The quantitative estimate of drug-likeness (QED) is 0.433. The van der Waals surface area contributed by atoms with Crippen LogP contribution in [-0.2, 0) is 9.53 Å². The molecule has 2 aromatic heterocycles. The van der Waals surface area contributed by atoms with Gasteiger partial charge in [0.15, 0.2) is 11.7 Å². The number of aryl methyl sites for hydroxylation is 1. The highest BCUT2D eigenvalue weighted by Crippen LogP contribution is 2.27. The number of rotatable bonds is 7. The molecule has 0 saturated carbocycles. The maximum Gasteiger partial charge on any atom is 0.349 e. The number of hydrogen-bond donors (Lipinski definition) is 0. The summed E-state index contributed by atoms with van der Waals surface area (Å²) in [6.07, 6.45) is 1.62. The van der Waals surface area contributed by atoms with Crippen molar-refractivity contribution >= 4 is 39.7 Å². The van der Waals surface area contributed by atoms with Crippen LogP contribution in [0.5, 0.6) is 0 Å². The molecule has 0 spiro atoms. The van der Waals surface area contributed by atoms with Gasteiger partial charge in [0.25, 0.3) is 5.91 Å². The second-order valence-corrected chi connectivity index (χ2v) is 7.44. The molecule has 0 aliphatic heterocycles. The van der Waals surface area contributed by atoms with Gasteiger partial charge in [0.1, 0.15) is 4.88 Å². The molecular weight excluding hydrogens is 380 g/mol. The summed E-state index contributed by atoms with van der Waals surface area (Å²) in [5, 5.41) is 4.26. The van der Waals surface area contributed by atoms with Crippen molar-refractivity contribution in [2.75, 3.05) is 18.1 Å². The summed E-state index contributed by atoms with van der Waals surface area (Å²) in [6.45, 7) is 5.48. The number of carbonyl (C=O) groups is 2. The number of anilines is 1. The van der Waals surface area contributed by atoms with Gasteiger partial charge >= 0.3 is 5.97 Å². The molecule has 0 fully saturated rings. The lowest BCUT2D eigenvalue weighted by molar-refractivity contribution is -0.121. The maximum absolute atomic E-state index is 12.6. The summed E-state index contributed by atoms with van der Waals surface area (Å²) in [6, 6.07) is 11.6. The third kappa shape index (κ3) is 4.50. The van der Waals surface area contributed by atoms with Gasteiger partial charge in [0.05, 0.1) is 5.69 Å². The predicted octanol–water partition coefficient (Wildman–Crippen LogP) is 4.56. The van der Waals surface area contributed by atoms with Crippen molar-refractivity contribution in [1.82, 2.24) is 4.98 Å². The summed E-state index contributed by atoms with van der Waals surface area (Å²) < 4.78 is 5.19. The molecule has 5 nitrogen and oxygen atoms in total. The molecule has 3 rings (SSSR count). The molecule has 138 valence electrons. The van der Waals surface area contributed by atoms with Crippen molar-refractivity contribution < 1.29 is 14.3 Å². The summed E-state index contributed by atoms with van der Waals surface area (Å²) in [7, 11) is 0. The Labute approximate surface area is 165 Å². The standard InChI is InChI=1S/C20H18N2O3S2/c1-3-10-22(17(23)12-25-19(24)18-14(2)9-11-26-18)20-21-16(13-27-20)15-7-5-4-6-8-15/h3-9,11,13H,1,10,12H2,2H3. The normalized spacial score (nSPS) is 10.4. The number of esters is 1. The first kappa shape index (κ1) is 19.0. The fourth-order valence-corrected chi connectivity index (χ4v) is 4.08. The zero-order chi connectivity index (χ0) is 19.2. The predicted molar refractivity (Wildman–Crippen MR) is 109 cm³/mol. The maximum atomic E-state index is 12.6. The molecule has 2 heterocycles. The van der Waals surface area contributed by atoms with Crippen LogP contribution in [-0.4, -0.2) is 30.0 Å². The molecule has 0 bridgehead atoms. The Balaban J connectivity index is 1.70. The number of nitrogens with zero attached hydrogens (tertiary/aromatic N) is 2. The van der Waals surface area contributed by atoms with Crippen LogP contribution in [0.15, 0.2) is 59.8 Å². The Morgan fingerprint density at radius 1 is 1.22 bits per heavy atom. The molecule has 0 aliphatic carbocycles. The summed E-state index contributed by atoms with van der Waals surface area (Å²) >= 11 is 2.66. The van der Waals surface area contributed by atoms with Crippen molar-refractivity contribution in [3.8, 4) is 11.3 Å². The van der Waals surface area contributed by atoms with Crippen LogP contribution in [0, 0.1) is 6.92 Å². The van der Waals surface area contributed by atoms with E-state index in [1.165, 1.54) is 27.6 Å². The van der Waals surface area contributed by atoms with Crippen LogP contribution in [0.4, 0.5) is 5.13 Å². The molecule has 0 unspecified atom stereocenters. The first-order valence-electron chi connectivity index (χ1n) is 8.23. The minimum atomic E-state index is -0.487. The summed E-state index contributed by atoms with van der Waals surface area (Å²) in [4.78, 5) is 31.3. The lowest BCUT2D eigenvalue weighted by Gasteiger charge is -2.17. The lowest BCUT2D eigenvalue weighted by atomic mass is 10.2. The molecule has 0 aliphatic rings. The van der Waals surface area contributed by atoms with Crippen molar-refractivity contribution in [3.05, 3.63) is 70.3 Å². The highest BCUT2D eigenvalue weighted by Gasteiger charge is 2.21. The first-order chi connectivity index (χ1) is 13.1.